The third-order valence-corrected chi connectivity index (χ3v) is 2.99. The Hall–Kier alpha value is -1.42. The lowest BCUT2D eigenvalue weighted by Gasteiger charge is -2.13. The minimum absolute atomic E-state index is 0.304. The zero-order chi connectivity index (χ0) is 14.6. The van der Waals surface area contributed by atoms with Gasteiger partial charge in [-0.05, 0) is 64.9 Å². The summed E-state index contributed by atoms with van der Waals surface area (Å²) in [6, 6.07) is 4.65. The molecular weight excluding hydrogens is 254 g/mol. The van der Waals surface area contributed by atoms with Crippen LogP contribution in [0, 0.1) is 20.8 Å². The molecule has 104 valence electrons. The number of aryl methyl sites for hydroxylation is 3. The molecule has 0 aromatic heterocycles. The first-order chi connectivity index (χ1) is 8.81. The van der Waals surface area contributed by atoms with E-state index < -0.39 is 0 Å². The summed E-state index contributed by atoms with van der Waals surface area (Å²) in [5, 5.41) is 8.02. The van der Waals surface area contributed by atoms with Gasteiger partial charge in [0.25, 0.3) is 0 Å². The van der Waals surface area contributed by atoms with Crippen LogP contribution in [-0.4, -0.2) is 16.9 Å². The van der Waals surface area contributed by atoms with Crippen LogP contribution in [-0.2, 0) is 0 Å². The van der Waals surface area contributed by atoms with Crippen LogP contribution in [0.2, 0.25) is 0 Å². The first-order valence-electron chi connectivity index (χ1n) is 6.50. The molecule has 0 aliphatic rings. The zero-order valence-electron chi connectivity index (χ0n) is 12.6. The molecule has 0 bridgehead atoms. The molecule has 0 saturated heterocycles. The van der Waals surface area contributed by atoms with E-state index in [9.17, 15) is 0 Å². The molecule has 0 heterocycles. The highest BCUT2D eigenvalue weighted by Crippen LogP contribution is 2.17. The number of hydrogen-bond donors (Lipinski definition) is 2. The Balaban J connectivity index is 2.89. The van der Waals surface area contributed by atoms with E-state index in [1.54, 1.807) is 0 Å². The molecule has 0 radical (unpaired) electrons. The number of thiocarbonyl (C=S) groups is 1. The second-order valence-corrected chi connectivity index (χ2v) is 5.62. The molecule has 1 aromatic carbocycles. The average molecular weight is 277 g/mol. The van der Waals surface area contributed by atoms with Gasteiger partial charge in [-0.15, -0.1) is 0 Å². The summed E-state index contributed by atoms with van der Waals surface area (Å²) in [4.78, 5) is 0. The highest BCUT2D eigenvalue weighted by atomic mass is 32.1. The van der Waals surface area contributed by atoms with E-state index in [0.717, 1.165) is 5.71 Å². The molecule has 0 amide bonds. The SMILES string of the molecule is C/C(=N/NC(=S)NC(C)C)c1c(C)cc(C)cc1C. The Morgan fingerprint density at radius 2 is 1.68 bits per heavy atom. The van der Waals surface area contributed by atoms with E-state index in [-0.39, 0.29) is 0 Å². The molecule has 0 atom stereocenters. The molecule has 0 fully saturated rings. The Labute approximate surface area is 121 Å². The lowest BCUT2D eigenvalue weighted by molar-refractivity contribution is 0.719. The summed E-state index contributed by atoms with van der Waals surface area (Å²) in [5.74, 6) is 0. The number of hydrogen-bond acceptors (Lipinski definition) is 2. The minimum Gasteiger partial charge on any atom is -0.359 e. The van der Waals surface area contributed by atoms with Gasteiger partial charge in [-0.2, -0.15) is 5.10 Å². The highest BCUT2D eigenvalue weighted by Gasteiger charge is 2.07. The van der Waals surface area contributed by atoms with E-state index in [0.29, 0.717) is 11.2 Å². The fraction of sp³-hybridized carbons (Fsp3) is 0.467. The fourth-order valence-electron chi connectivity index (χ4n) is 2.24. The van der Waals surface area contributed by atoms with Gasteiger partial charge in [-0.1, -0.05) is 17.7 Å². The Morgan fingerprint density at radius 1 is 1.16 bits per heavy atom. The van der Waals surface area contributed by atoms with Gasteiger partial charge in [-0.25, -0.2) is 0 Å². The second-order valence-electron chi connectivity index (χ2n) is 5.21. The van der Waals surface area contributed by atoms with Crippen LogP contribution in [0.3, 0.4) is 0 Å². The molecule has 2 N–H and O–H groups in total. The van der Waals surface area contributed by atoms with Crippen LogP contribution in [0.25, 0.3) is 0 Å². The molecule has 4 heteroatoms. The maximum absolute atomic E-state index is 5.16. The summed E-state index contributed by atoms with van der Waals surface area (Å²) >= 11 is 5.16. The summed E-state index contributed by atoms with van der Waals surface area (Å²) in [6.45, 7) is 12.4. The van der Waals surface area contributed by atoms with Crippen LogP contribution in [0.4, 0.5) is 0 Å². The van der Waals surface area contributed by atoms with Gasteiger partial charge in [0.1, 0.15) is 0 Å². The predicted octanol–water partition coefficient (Wildman–Crippen LogP) is 3.21. The van der Waals surface area contributed by atoms with Gasteiger partial charge in [-0.3, -0.25) is 5.43 Å². The van der Waals surface area contributed by atoms with Crippen molar-refractivity contribution >= 4 is 23.0 Å². The number of nitrogens with one attached hydrogen (secondary N) is 2. The van der Waals surface area contributed by atoms with Crippen molar-refractivity contribution in [1.82, 2.24) is 10.7 Å². The third kappa shape index (κ3) is 4.63. The molecule has 0 unspecified atom stereocenters. The van der Waals surface area contributed by atoms with Crippen molar-refractivity contribution in [2.45, 2.75) is 47.6 Å². The first kappa shape index (κ1) is 15.6. The van der Waals surface area contributed by atoms with E-state index in [1.165, 1.54) is 22.3 Å². The van der Waals surface area contributed by atoms with Crippen molar-refractivity contribution in [2.24, 2.45) is 5.10 Å². The van der Waals surface area contributed by atoms with Crippen molar-refractivity contribution < 1.29 is 0 Å². The molecule has 1 rings (SSSR count). The summed E-state index contributed by atoms with van der Waals surface area (Å²) in [7, 11) is 0. The predicted molar refractivity (Wildman–Crippen MR) is 86.9 cm³/mol. The Morgan fingerprint density at radius 3 is 2.16 bits per heavy atom. The number of nitrogens with zero attached hydrogens (tertiary/aromatic N) is 1. The fourth-order valence-corrected chi connectivity index (χ4v) is 2.52. The topological polar surface area (TPSA) is 36.4 Å². The summed E-state index contributed by atoms with van der Waals surface area (Å²) in [5.41, 5.74) is 8.78. The van der Waals surface area contributed by atoms with Crippen molar-refractivity contribution in [1.29, 1.82) is 0 Å². The number of rotatable bonds is 3. The van der Waals surface area contributed by atoms with Gasteiger partial charge in [0, 0.05) is 11.6 Å². The molecule has 3 nitrogen and oxygen atoms in total. The lowest BCUT2D eigenvalue weighted by Crippen LogP contribution is -2.37. The molecule has 0 aliphatic carbocycles. The van der Waals surface area contributed by atoms with Gasteiger partial charge in [0.15, 0.2) is 5.11 Å². The van der Waals surface area contributed by atoms with Crippen LogP contribution < -0.4 is 10.7 Å². The van der Waals surface area contributed by atoms with Crippen molar-refractivity contribution in [3.63, 3.8) is 0 Å². The van der Waals surface area contributed by atoms with Crippen LogP contribution >= 0.6 is 12.2 Å². The maximum Gasteiger partial charge on any atom is 0.187 e. The number of benzene rings is 1. The molecule has 1 aromatic rings. The molecule has 0 aliphatic heterocycles. The Bertz CT molecular complexity index is 481. The highest BCUT2D eigenvalue weighted by molar-refractivity contribution is 7.80. The first-order valence-corrected chi connectivity index (χ1v) is 6.91. The van der Waals surface area contributed by atoms with E-state index in [4.69, 9.17) is 12.2 Å². The minimum atomic E-state index is 0.304. The third-order valence-electron chi connectivity index (χ3n) is 2.78. The van der Waals surface area contributed by atoms with Gasteiger partial charge < -0.3 is 5.32 Å². The van der Waals surface area contributed by atoms with Crippen LogP contribution in [0.15, 0.2) is 17.2 Å². The largest absolute Gasteiger partial charge is 0.359 e. The molecule has 0 spiro atoms. The van der Waals surface area contributed by atoms with Gasteiger partial charge in [0.05, 0.1) is 5.71 Å². The van der Waals surface area contributed by atoms with Gasteiger partial charge in [0.2, 0.25) is 0 Å². The van der Waals surface area contributed by atoms with E-state index >= 15 is 0 Å². The normalized spacial score (nSPS) is 11.6. The molecule has 0 saturated carbocycles. The monoisotopic (exact) mass is 277 g/mol. The van der Waals surface area contributed by atoms with Crippen molar-refractivity contribution in [3.05, 3.63) is 34.4 Å². The summed E-state index contributed by atoms with van der Waals surface area (Å²) < 4.78 is 0. The Kier molecular flexibility index (Phi) is 5.48. The standard InChI is InChI=1S/C15H23N3S/c1-9(2)16-15(19)18-17-13(6)14-11(4)7-10(3)8-12(14)5/h7-9H,1-6H3,(H2,16,18,19)/b17-13-. The van der Waals surface area contributed by atoms with Crippen molar-refractivity contribution in [2.75, 3.05) is 0 Å². The van der Waals surface area contributed by atoms with Crippen molar-refractivity contribution in [3.8, 4) is 0 Å². The van der Waals surface area contributed by atoms with E-state index in [2.05, 4.69) is 48.7 Å². The maximum atomic E-state index is 5.16. The molecular formula is C15H23N3S. The molecule has 19 heavy (non-hydrogen) atoms. The van der Waals surface area contributed by atoms with Crippen LogP contribution in [0.1, 0.15) is 43.0 Å². The average Bonchev–Trinajstić information content (AvgIpc) is 2.23. The van der Waals surface area contributed by atoms with E-state index in [1.807, 2.05) is 20.8 Å². The quantitative estimate of drug-likeness (QED) is 0.506. The summed E-state index contributed by atoms with van der Waals surface area (Å²) in [6.07, 6.45) is 0. The number of hydrazone groups is 1. The van der Waals surface area contributed by atoms with Gasteiger partial charge >= 0.3 is 0 Å². The lowest BCUT2D eigenvalue weighted by atomic mass is 9.97. The zero-order valence-corrected chi connectivity index (χ0v) is 13.4. The second kappa shape index (κ2) is 6.66. The smallest absolute Gasteiger partial charge is 0.187 e. The van der Waals surface area contributed by atoms with Crippen LogP contribution in [0.5, 0.6) is 0 Å².